The SMILES string of the molecule is CC(Sc1nc2sc(-c3ccccc3)cc2c(=O)n1C)C(=O)N(C)C. The van der Waals surface area contributed by atoms with E-state index in [4.69, 9.17) is 0 Å². The van der Waals surface area contributed by atoms with Crippen LogP contribution >= 0.6 is 23.1 Å². The molecule has 0 aliphatic carbocycles. The first kappa shape index (κ1) is 17.7. The average molecular weight is 374 g/mol. The number of amides is 1. The second-order valence-electron chi connectivity index (χ2n) is 5.95. The van der Waals surface area contributed by atoms with E-state index in [1.807, 2.05) is 43.3 Å². The van der Waals surface area contributed by atoms with Crippen LogP contribution in [0.15, 0.2) is 46.3 Å². The summed E-state index contributed by atoms with van der Waals surface area (Å²) in [6, 6.07) is 11.8. The normalized spacial score (nSPS) is 12.3. The van der Waals surface area contributed by atoms with Gasteiger partial charge in [-0.05, 0) is 18.6 Å². The predicted molar refractivity (Wildman–Crippen MR) is 104 cm³/mol. The van der Waals surface area contributed by atoms with Gasteiger partial charge in [0, 0.05) is 26.0 Å². The number of rotatable bonds is 4. The molecule has 7 heteroatoms. The molecule has 2 aromatic heterocycles. The lowest BCUT2D eigenvalue weighted by Crippen LogP contribution is -2.30. The first-order valence-corrected chi connectivity index (χ1v) is 9.52. The van der Waals surface area contributed by atoms with Gasteiger partial charge in [-0.1, -0.05) is 42.1 Å². The van der Waals surface area contributed by atoms with Gasteiger partial charge < -0.3 is 4.90 Å². The molecule has 0 fully saturated rings. The van der Waals surface area contributed by atoms with E-state index >= 15 is 0 Å². The molecule has 1 amide bonds. The Morgan fingerprint density at radius 2 is 1.96 bits per heavy atom. The molecule has 2 heterocycles. The van der Waals surface area contributed by atoms with Crippen LogP contribution in [0.1, 0.15) is 6.92 Å². The monoisotopic (exact) mass is 373 g/mol. The minimum absolute atomic E-state index is 0.00417. The van der Waals surface area contributed by atoms with E-state index in [1.54, 1.807) is 26.0 Å². The zero-order valence-corrected chi connectivity index (χ0v) is 16.1. The number of hydrogen-bond donors (Lipinski definition) is 0. The van der Waals surface area contributed by atoms with Crippen LogP contribution in [0, 0.1) is 0 Å². The van der Waals surface area contributed by atoms with Gasteiger partial charge in [-0.3, -0.25) is 14.2 Å². The Labute approximate surface area is 154 Å². The van der Waals surface area contributed by atoms with Crippen molar-refractivity contribution < 1.29 is 4.79 Å². The van der Waals surface area contributed by atoms with E-state index in [1.165, 1.54) is 27.7 Å². The molecular weight excluding hydrogens is 354 g/mol. The maximum absolute atomic E-state index is 12.7. The number of fused-ring (bicyclic) bond motifs is 1. The summed E-state index contributed by atoms with van der Waals surface area (Å²) in [5, 5.41) is 0.864. The molecule has 3 aromatic rings. The van der Waals surface area contributed by atoms with E-state index < -0.39 is 0 Å². The van der Waals surface area contributed by atoms with Gasteiger partial charge in [0.2, 0.25) is 5.91 Å². The maximum Gasteiger partial charge on any atom is 0.262 e. The molecule has 5 nitrogen and oxygen atoms in total. The Hall–Kier alpha value is -2.12. The Balaban J connectivity index is 2.03. The van der Waals surface area contributed by atoms with Crippen molar-refractivity contribution in [1.82, 2.24) is 14.5 Å². The Morgan fingerprint density at radius 1 is 1.28 bits per heavy atom. The second-order valence-corrected chi connectivity index (χ2v) is 8.29. The van der Waals surface area contributed by atoms with Gasteiger partial charge in [-0.2, -0.15) is 0 Å². The summed E-state index contributed by atoms with van der Waals surface area (Å²) >= 11 is 2.80. The highest BCUT2D eigenvalue weighted by atomic mass is 32.2. The third-order valence-corrected chi connectivity index (χ3v) is 6.07. The number of carbonyl (C=O) groups is 1. The first-order valence-electron chi connectivity index (χ1n) is 7.82. The van der Waals surface area contributed by atoms with Gasteiger partial charge in [-0.15, -0.1) is 11.3 Å². The number of carbonyl (C=O) groups excluding carboxylic acids is 1. The van der Waals surface area contributed by atoms with E-state index in [0.717, 1.165) is 10.4 Å². The van der Waals surface area contributed by atoms with E-state index in [2.05, 4.69) is 4.98 Å². The highest BCUT2D eigenvalue weighted by Gasteiger charge is 2.20. The topological polar surface area (TPSA) is 55.2 Å². The van der Waals surface area contributed by atoms with Crippen molar-refractivity contribution in [2.45, 2.75) is 17.3 Å². The van der Waals surface area contributed by atoms with Crippen LogP contribution < -0.4 is 5.56 Å². The van der Waals surface area contributed by atoms with Crippen LogP contribution in [0.5, 0.6) is 0 Å². The van der Waals surface area contributed by atoms with Gasteiger partial charge in [0.15, 0.2) is 5.16 Å². The molecule has 3 rings (SSSR count). The number of aromatic nitrogens is 2. The minimum atomic E-state index is -0.306. The lowest BCUT2D eigenvalue weighted by Gasteiger charge is -2.16. The molecule has 1 atom stereocenters. The summed E-state index contributed by atoms with van der Waals surface area (Å²) in [7, 11) is 5.14. The molecule has 0 spiro atoms. The fraction of sp³-hybridized carbons (Fsp3) is 0.278. The zero-order valence-electron chi connectivity index (χ0n) is 14.5. The van der Waals surface area contributed by atoms with E-state index in [9.17, 15) is 9.59 Å². The Morgan fingerprint density at radius 3 is 2.60 bits per heavy atom. The maximum atomic E-state index is 12.7. The molecule has 0 bridgehead atoms. The third kappa shape index (κ3) is 3.48. The third-order valence-electron chi connectivity index (χ3n) is 3.86. The smallest absolute Gasteiger partial charge is 0.262 e. The molecule has 130 valence electrons. The van der Waals surface area contributed by atoms with Crippen LogP contribution in [0.2, 0.25) is 0 Å². The highest BCUT2D eigenvalue weighted by molar-refractivity contribution is 8.00. The summed E-state index contributed by atoms with van der Waals surface area (Å²) in [4.78, 5) is 32.7. The first-order chi connectivity index (χ1) is 11.9. The zero-order chi connectivity index (χ0) is 18.1. The molecular formula is C18H19N3O2S2. The number of benzene rings is 1. The molecule has 0 aliphatic rings. The van der Waals surface area contributed by atoms with Crippen LogP contribution in [-0.4, -0.2) is 39.7 Å². The fourth-order valence-electron chi connectivity index (χ4n) is 2.47. The molecule has 0 saturated carbocycles. The van der Waals surface area contributed by atoms with Crippen molar-refractivity contribution in [2.75, 3.05) is 14.1 Å². The largest absolute Gasteiger partial charge is 0.348 e. The summed E-state index contributed by atoms with van der Waals surface area (Å²) < 4.78 is 1.52. The summed E-state index contributed by atoms with van der Waals surface area (Å²) in [5.41, 5.74) is 0.980. The molecule has 1 aromatic carbocycles. The minimum Gasteiger partial charge on any atom is -0.348 e. The van der Waals surface area contributed by atoms with Crippen LogP contribution in [0.25, 0.3) is 20.7 Å². The van der Waals surface area contributed by atoms with Crippen molar-refractivity contribution in [3.8, 4) is 10.4 Å². The molecule has 0 radical (unpaired) electrons. The quantitative estimate of drug-likeness (QED) is 0.520. The van der Waals surface area contributed by atoms with Gasteiger partial charge in [-0.25, -0.2) is 4.98 Å². The predicted octanol–water partition coefficient (Wildman–Crippen LogP) is 3.23. The number of nitrogens with zero attached hydrogens (tertiary/aromatic N) is 3. The summed E-state index contributed by atoms with van der Waals surface area (Å²) in [5.74, 6) is -0.00417. The molecule has 0 saturated heterocycles. The number of thioether (sulfide) groups is 1. The van der Waals surface area contributed by atoms with Crippen LogP contribution in [0.3, 0.4) is 0 Å². The Kier molecular flexibility index (Phi) is 4.96. The summed E-state index contributed by atoms with van der Waals surface area (Å²) in [6.07, 6.45) is 0. The molecule has 25 heavy (non-hydrogen) atoms. The van der Waals surface area contributed by atoms with E-state index in [0.29, 0.717) is 15.4 Å². The van der Waals surface area contributed by atoms with Crippen molar-refractivity contribution in [2.24, 2.45) is 7.05 Å². The number of hydrogen-bond acceptors (Lipinski definition) is 5. The summed E-state index contributed by atoms with van der Waals surface area (Å²) in [6.45, 7) is 1.83. The average Bonchev–Trinajstić information content (AvgIpc) is 3.03. The molecule has 1 unspecified atom stereocenters. The lowest BCUT2D eigenvalue weighted by molar-refractivity contribution is -0.127. The van der Waals surface area contributed by atoms with Crippen molar-refractivity contribution >= 4 is 39.2 Å². The Bertz CT molecular complexity index is 977. The highest BCUT2D eigenvalue weighted by Crippen LogP contribution is 2.32. The second kappa shape index (κ2) is 7.01. The lowest BCUT2D eigenvalue weighted by atomic mass is 10.2. The standard InChI is InChI=1S/C18H19N3O2S2/c1-11(16(22)20(2)3)24-18-19-15-13(17(23)21(18)4)10-14(25-15)12-8-6-5-7-9-12/h5-11H,1-4H3. The molecule has 0 N–H and O–H groups in total. The van der Waals surface area contributed by atoms with Crippen molar-refractivity contribution in [3.63, 3.8) is 0 Å². The fourth-order valence-corrected chi connectivity index (χ4v) is 4.57. The van der Waals surface area contributed by atoms with Gasteiger partial charge in [0.05, 0.1) is 10.6 Å². The van der Waals surface area contributed by atoms with Gasteiger partial charge >= 0.3 is 0 Å². The van der Waals surface area contributed by atoms with Crippen molar-refractivity contribution in [1.29, 1.82) is 0 Å². The number of thiophene rings is 1. The van der Waals surface area contributed by atoms with Crippen LogP contribution in [-0.2, 0) is 11.8 Å². The van der Waals surface area contributed by atoms with Crippen molar-refractivity contribution in [3.05, 3.63) is 46.8 Å². The van der Waals surface area contributed by atoms with Crippen LogP contribution in [0.4, 0.5) is 0 Å². The molecule has 0 aliphatic heterocycles. The van der Waals surface area contributed by atoms with Gasteiger partial charge in [0.1, 0.15) is 4.83 Å². The van der Waals surface area contributed by atoms with Gasteiger partial charge in [0.25, 0.3) is 5.56 Å². The van der Waals surface area contributed by atoms with E-state index in [-0.39, 0.29) is 16.7 Å².